The molecular weight excluding hydrogens is 214 g/mol. The highest BCUT2D eigenvalue weighted by atomic mass is 32.1. The van der Waals surface area contributed by atoms with Crippen LogP contribution in [-0.4, -0.2) is 6.54 Å². The van der Waals surface area contributed by atoms with Gasteiger partial charge in [0.2, 0.25) is 0 Å². The minimum atomic E-state index is 0.520. The van der Waals surface area contributed by atoms with E-state index in [4.69, 9.17) is 0 Å². The number of hydrogen-bond acceptors (Lipinski definition) is 2. The van der Waals surface area contributed by atoms with E-state index < -0.39 is 0 Å². The lowest BCUT2D eigenvalue weighted by Crippen LogP contribution is -2.22. The van der Waals surface area contributed by atoms with Gasteiger partial charge in [0.15, 0.2) is 0 Å². The second kappa shape index (κ2) is 4.89. The Hall–Kier alpha value is -0.340. The van der Waals surface area contributed by atoms with Gasteiger partial charge in [0, 0.05) is 11.4 Å². The van der Waals surface area contributed by atoms with Crippen LogP contribution in [0.2, 0.25) is 0 Å². The quantitative estimate of drug-likeness (QED) is 0.786. The lowest BCUT2D eigenvalue weighted by atomic mass is 9.77. The maximum Gasteiger partial charge on any atom is 0.0216 e. The van der Waals surface area contributed by atoms with Gasteiger partial charge in [-0.1, -0.05) is 20.8 Å². The topological polar surface area (TPSA) is 12.0 Å². The minimum absolute atomic E-state index is 0.520. The van der Waals surface area contributed by atoms with Gasteiger partial charge in [0.1, 0.15) is 0 Å². The lowest BCUT2D eigenvalue weighted by molar-refractivity contribution is 0.318. The van der Waals surface area contributed by atoms with Crippen molar-refractivity contribution in [3.8, 4) is 0 Å². The molecule has 1 aliphatic carbocycles. The van der Waals surface area contributed by atoms with E-state index in [-0.39, 0.29) is 0 Å². The molecule has 90 valence electrons. The van der Waals surface area contributed by atoms with Crippen molar-refractivity contribution < 1.29 is 0 Å². The molecule has 1 heterocycles. The molecule has 0 fully saturated rings. The fourth-order valence-corrected chi connectivity index (χ4v) is 3.81. The molecule has 0 saturated carbocycles. The van der Waals surface area contributed by atoms with E-state index in [0.29, 0.717) is 5.41 Å². The molecule has 0 amide bonds. The summed E-state index contributed by atoms with van der Waals surface area (Å²) >= 11 is 1.97. The Labute approximate surface area is 103 Å². The van der Waals surface area contributed by atoms with Gasteiger partial charge < -0.3 is 5.32 Å². The zero-order chi connectivity index (χ0) is 11.6. The molecule has 1 nitrogen and oxygen atoms in total. The van der Waals surface area contributed by atoms with E-state index in [2.05, 4.69) is 31.5 Å². The van der Waals surface area contributed by atoms with Gasteiger partial charge >= 0.3 is 0 Å². The highest BCUT2D eigenvalue weighted by Crippen LogP contribution is 2.39. The molecule has 0 unspecified atom stereocenters. The Balaban J connectivity index is 2.05. The van der Waals surface area contributed by atoms with Gasteiger partial charge in [-0.15, -0.1) is 11.3 Å². The largest absolute Gasteiger partial charge is 0.313 e. The van der Waals surface area contributed by atoms with Gasteiger partial charge in [-0.2, -0.15) is 0 Å². The van der Waals surface area contributed by atoms with Crippen molar-refractivity contribution in [3.05, 3.63) is 21.4 Å². The molecule has 2 heteroatoms. The summed E-state index contributed by atoms with van der Waals surface area (Å²) in [6, 6.07) is 0. The molecule has 16 heavy (non-hydrogen) atoms. The highest BCUT2D eigenvalue weighted by Gasteiger charge is 2.27. The summed E-state index contributed by atoms with van der Waals surface area (Å²) in [5.74, 6) is 0. The average Bonchev–Trinajstić information content (AvgIpc) is 2.59. The van der Waals surface area contributed by atoms with Crippen LogP contribution >= 0.6 is 11.3 Å². The third-order valence-corrected chi connectivity index (χ3v) is 4.58. The average molecular weight is 237 g/mol. The Kier molecular flexibility index (Phi) is 3.70. The van der Waals surface area contributed by atoms with Crippen LogP contribution in [-0.2, 0) is 19.4 Å². The van der Waals surface area contributed by atoms with Gasteiger partial charge in [0.25, 0.3) is 0 Å². The van der Waals surface area contributed by atoms with E-state index in [0.717, 1.165) is 13.1 Å². The summed E-state index contributed by atoms with van der Waals surface area (Å²) in [5.41, 5.74) is 3.74. The predicted octanol–water partition coefficient (Wildman–Crippen LogP) is 3.76. The molecule has 0 spiro atoms. The Morgan fingerprint density at radius 2 is 2.25 bits per heavy atom. The number of rotatable bonds is 4. The van der Waals surface area contributed by atoms with E-state index in [1.807, 2.05) is 11.3 Å². The first-order chi connectivity index (χ1) is 7.62. The van der Waals surface area contributed by atoms with Crippen molar-refractivity contribution in [2.45, 2.75) is 53.0 Å². The first-order valence-electron chi connectivity index (χ1n) is 6.41. The second-order valence-electron chi connectivity index (χ2n) is 5.68. The zero-order valence-corrected chi connectivity index (χ0v) is 11.5. The maximum absolute atomic E-state index is 3.51. The van der Waals surface area contributed by atoms with Crippen molar-refractivity contribution >= 4 is 11.3 Å². The van der Waals surface area contributed by atoms with Crippen molar-refractivity contribution in [2.75, 3.05) is 6.54 Å². The molecular formula is C14H23NS. The van der Waals surface area contributed by atoms with Crippen molar-refractivity contribution in [2.24, 2.45) is 5.41 Å². The summed E-state index contributed by atoms with van der Waals surface area (Å²) < 4.78 is 0. The van der Waals surface area contributed by atoms with Crippen LogP contribution < -0.4 is 5.32 Å². The number of fused-ring (bicyclic) bond motifs is 1. The molecule has 0 aliphatic heterocycles. The SMILES string of the molecule is CCCNCc1csc2c1CCC(C)(C)C2. The summed E-state index contributed by atoms with van der Waals surface area (Å²) in [7, 11) is 0. The van der Waals surface area contributed by atoms with Crippen LogP contribution in [0.4, 0.5) is 0 Å². The standard InChI is InChI=1S/C14H23NS/c1-4-7-15-9-11-10-16-13-8-14(2,3)6-5-12(11)13/h10,15H,4-9H2,1-3H3. The van der Waals surface area contributed by atoms with Crippen molar-refractivity contribution in [3.63, 3.8) is 0 Å². The number of nitrogens with one attached hydrogen (secondary N) is 1. The van der Waals surface area contributed by atoms with E-state index in [1.54, 1.807) is 16.0 Å². The van der Waals surface area contributed by atoms with E-state index in [1.165, 1.54) is 25.7 Å². The van der Waals surface area contributed by atoms with Gasteiger partial charge in [-0.05, 0) is 54.1 Å². The molecule has 1 aromatic heterocycles. The van der Waals surface area contributed by atoms with Crippen LogP contribution in [0.5, 0.6) is 0 Å². The van der Waals surface area contributed by atoms with Crippen LogP contribution in [0.25, 0.3) is 0 Å². The van der Waals surface area contributed by atoms with Crippen LogP contribution in [0.3, 0.4) is 0 Å². The zero-order valence-electron chi connectivity index (χ0n) is 10.7. The van der Waals surface area contributed by atoms with E-state index >= 15 is 0 Å². The lowest BCUT2D eigenvalue weighted by Gasteiger charge is -2.29. The van der Waals surface area contributed by atoms with Gasteiger partial charge in [0.05, 0.1) is 0 Å². The third kappa shape index (κ3) is 2.67. The van der Waals surface area contributed by atoms with Gasteiger partial charge in [-0.3, -0.25) is 0 Å². The highest BCUT2D eigenvalue weighted by molar-refractivity contribution is 7.10. The Bertz CT molecular complexity index is 352. The molecule has 1 aliphatic rings. The maximum atomic E-state index is 3.51. The molecule has 1 aromatic rings. The first kappa shape index (κ1) is 12.1. The van der Waals surface area contributed by atoms with Crippen molar-refractivity contribution in [1.82, 2.24) is 5.32 Å². The Morgan fingerprint density at radius 3 is 3.00 bits per heavy atom. The molecule has 0 bridgehead atoms. The molecule has 0 radical (unpaired) electrons. The van der Waals surface area contributed by atoms with Crippen LogP contribution in [0, 0.1) is 5.41 Å². The molecule has 2 rings (SSSR count). The monoisotopic (exact) mass is 237 g/mol. The van der Waals surface area contributed by atoms with Crippen LogP contribution in [0.15, 0.2) is 5.38 Å². The second-order valence-corrected chi connectivity index (χ2v) is 6.64. The van der Waals surface area contributed by atoms with Crippen molar-refractivity contribution in [1.29, 1.82) is 0 Å². The summed E-state index contributed by atoms with van der Waals surface area (Å²) in [6.45, 7) is 9.21. The first-order valence-corrected chi connectivity index (χ1v) is 7.29. The molecule has 0 saturated heterocycles. The summed E-state index contributed by atoms with van der Waals surface area (Å²) in [5, 5.41) is 5.88. The Morgan fingerprint density at radius 1 is 1.44 bits per heavy atom. The number of hydrogen-bond donors (Lipinski definition) is 1. The van der Waals surface area contributed by atoms with Crippen LogP contribution in [0.1, 0.15) is 49.6 Å². The molecule has 0 atom stereocenters. The van der Waals surface area contributed by atoms with E-state index in [9.17, 15) is 0 Å². The summed E-state index contributed by atoms with van der Waals surface area (Å²) in [6.07, 6.45) is 5.13. The smallest absolute Gasteiger partial charge is 0.0216 e. The summed E-state index contributed by atoms with van der Waals surface area (Å²) in [4.78, 5) is 1.64. The fourth-order valence-electron chi connectivity index (χ4n) is 2.45. The molecule has 0 aromatic carbocycles. The third-order valence-electron chi connectivity index (χ3n) is 3.50. The number of thiophene rings is 1. The minimum Gasteiger partial charge on any atom is -0.313 e. The van der Waals surface area contributed by atoms with Gasteiger partial charge in [-0.25, -0.2) is 0 Å². The normalized spacial score (nSPS) is 18.4. The molecule has 1 N–H and O–H groups in total. The fraction of sp³-hybridized carbons (Fsp3) is 0.714. The predicted molar refractivity (Wildman–Crippen MR) is 72.1 cm³/mol.